The van der Waals surface area contributed by atoms with Crippen LogP contribution in [0, 0.1) is 0 Å². The summed E-state index contributed by atoms with van der Waals surface area (Å²) in [6.45, 7) is 4.37. The molecule has 102 valence electrons. The number of hydrogen-bond acceptors (Lipinski definition) is 2. The smallest absolute Gasteiger partial charge is 0.0241 e. The topological polar surface area (TPSA) is 15.3 Å². The lowest BCUT2D eigenvalue weighted by atomic mass is 9.96. The Morgan fingerprint density at radius 3 is 2.15 bits per heavy atom. The van der Waals surface area contributed by atoms with E-state index in [0.717, 1.165) is 32.6 Å². The molecular weight excluding hydrogens is 244 g/mol. The van der Waals surface area contributed by atoms with E-state index in [1.807, 2.05) is 0 Å². The summed E-state index contributed by atoms with van der Waals surface area (Å²) in [6, 6.07) is 18.2. The average Bonchev–Trinajstić information content (AvgIpc) is 2.89. The van der Waals surface area contributed by atoms with E-state index in [1.54, 1.807) is 0 Å². The molecule has 1 N–H and O–H groups in total. The summed E-state index contributed by atoms with van der Waals surface area (Å²) >= 11 is 0. The minimum absolute atomic E-state index is 0.583. The third kappa shape index (κ3) is 2.26. The molecule has 0 aliphatic carbocycles. The Bertz CT molecular complexity index is 595. The number of benzene rings is 2. The fourth-order valence-electron chi connectivity index (χ4n) is 3.49. The van der Waals surface area contributed by atoms with E-state index in [4.69, 9.17) is 0 Å². The zero-order chi connectivity index (χ0) is 13.4. The fraction of sp³-hybridized carbons (Fsp3) is 0.333. The van der Waals surface area contributed by atoms with Gasteiger partial charge in [-0.05, 0) is 28.7 Å². The molecule has 2 heteroatoms. The summed E-state index contributed by atoms with van der Waals surface area (Å²) in [5.41, 5.74) is 5.99. The molecule has 4 rings (SSSR count). The van der Waals surface area contributed by atoms with Crippen LogP contribution in [0.15, 0.2) is 48.5 Å². The van der Waals surface area contributed by atoms with Crippen LogP contribution in [0.25, 0.3) is 0 Å². The maximum atomic E-state index is 3.69. The molecule has 1 atom stereocenters. The fourth-order valence-corrected chi connectivity index (χ4v) is 3.49. The molecule has 2 aromatic carbocycles. The van der Waals surface area contributed by atoms with E-state index >= 15 is 0 Å². The first-order valence-corrected chi connectivity index (χ1v) is 7.48. The number of nitrogens with one attached hydrogen (secondary N) is 1. The molecule has 0 radical (unpaired) electrons. The second-order valence-electron chi connectivity index (χ2n) is 5.99. The van der Waals surface area contributed by atoms with Crippen LogP contribution in [0.5, 0.6) is 0 Å². The predicted molar refractivity (Wildman–Crippen MR) is 81.3 cm³/mol. The Kier molecular flexibility index (Phi) is 3.06. The van der Waals surface area contributed by atoms with Crippen LogP contribution in [0.3, 0.4) is 0 Å². The van der Waals surface area contributed by atoms with Crippen LogP contribution in [0.2, 0.25) is 0 Å². The Labute approximate surface area is 120 Å². The zero-order valence-corrected chi connectivity index (χ0v) is 11.7. The van der Waals surface area contributed by atoms with Gasteiger partial charge in [-0.15, -0.1) is 0 Å². The van der Waals surface area contributed by atoms with Gasteiger partial charge in [0.2, 0.25) is 0 Å². The normalized spacial score (nSPS) is 21.5. The molecule has 0 saturated carbocycles. The summed E-state index contributed by atoms with van der Waals surface area (Å²) < 4.78 is 0. The van der Waals surface area contributed by atoms with Gasteiger partial charge >= 0.3 is 0 Å². The van der Waals surface area contributed by atoms with Crippen LogP contribution in [-0.2, 0) is 26.1 Å². The van der Waals surface area contributed by atoms with Crippen molar-refractivity contribution in [3.05, 3.63) is 70.8 Å². The molecular formula is C18H20N2. The maximum absolute atomic E-state index is 3.69. The average molecular weight is 264 g/mol. The van der Waals surface area contributed by atoms with Crippen LogP contribution in [0.1, 0.15) is 22.3 Å². The summed E-state index contributed by atoms with van der Waals surface area (Å²) in [5, 5.41) is 3.69. The monoisotopic (exact) mass is 264 g/mol. The van der Waals surface area contributed by atoms with E-state index in [9.17, 15) is 0 Å². The SMILES string of the molecule is c1ccc2c(c1)CNC(CN1Cc3ccccc3C1)C2. The van der Waals surface area contributed by atoms with Crippen LogP contribution in [-0.4, -0.2) is 17.5 Å². The highest BCUT2D eigenvalue weighted by molar-refractivity contribution is 5.31. The van der Waals surface area contributed by atoms with Gasteiger partial charge in [-0.1, -0.05) is 48.5 Å². The molecule has 0 spiro atoms. The molecule has 1 unspecified atom stereocenters. The largest absolute Gasteiger partial charge is 0.308 e. The molecule has 0 saturated heterocycles. The lowest BCUT2D eigenvalue weighted by molar-refractivity contribution is 0.241. The lowest BCUT2D eigenvalue weighted by Crippen LogP contribution is -2.43. The van der Waals surface area contributed by atoms with Gasteiger partial charge in [-0.3, -0.25) is 4.90 Å². The van der Waals surface area contributed by atoms with Crippen LogP contribution < -0.4 is 5.32 Å². The third-order valence-corrected chi connectivity index (χ3v) is 4.55. The molecule has 0 bridgehead atoms. The van der Waals surface area contributed by atoms with Gasteiger partial charge in [0.15, 0.2) is 0 Å². The highest BCUT2D eigenvalue weighted by atomic mass is 15.2. The zero-order valence-electron chi connectivity index (χ0n) is 11.7. The first-order chi connectivity index (χ1) is 9.88. The van der Waals surface area contributed by atoms with Crippen LogP contribution >= 0.6 is 0 Å². The van der Waals surface area contributed by atoms with Gasteiger partial charge in [-0.25, -0.2) is 0 Å². The van der Waals surface area contributed by atoms with Crippen molar-refractivity contribution in [1.82, 2.24) is 10.2 Å². The van der Waals surface area contributed by atoms with Crippen molar-refractivity contribution in [1.29, 1.82) is 0 Å². The van der Waals surface area contributed by atoms with E-state index in [1.165, 1.54) is 22.3 Å². The van der Waals surface area contributed by atoms with Crippen molar-refractivity contribution >= 4 is 0 Å². The molecule has 0 fully saturated rings. The summed E-state index contributed by atoms with van der Waals surface area (Å²) in [5.74, 6) is 0. The van der Waals surface area contributed by atoms with Crippen molar-refractivity contribution in [2.45, 2.75) is 32.1 Å². The lowest BCUT2D eigenvalue weighted by Gasteiger charge is -2.29. The second-order valence-corrected chi connectivity index (χ2v) is 5.99. The second kappa shape index (κ2) is 5.04. The maximum Gasteiger partial charge on any atom is 0.0241 e. The Morgan fingerprint density at radius 1 is 0.850 bits per heavy atom. The molecule has 2 aliphatic rings. The van der Waals surface area contributed by atoms with E-state index in [0.29, 0.717) is 6.04 Å². The molecule has 2 aromatic rings. The van der Waals surface area contributed by atoms with E-state index < -0.39 is 0 Å². The summed E-state index contributed by atoms with van der Waals surface area (Å²) in [7, 11) is 0. The van der Waals surface area contributed by atoms with Crippen LogP contribution in [0.4, 0.5) is 0 Å². The molecule has 0 amide bonds. The highest BCUT2D eigenvalue weighted by Gasteiger charge is 2.24. The minimum atomic E-state index is 0.583. The van der Waals surface area contributed by atoms with Crippen molar-refractivity contribution in [2.24, 2.45) is 0 Å². The highest BCUT2D eigenvalue weighted by Crippen LogP contribution is 2.24. The van der Waals surface area contributed by atoms with Gasteiger partial charge < -0.3 is 5.32 Å². The van der Waals surface area contributed by atoms with Crippen molar-refractivity contribution in [3.63, 3.8) is 0 Å². The van der Waals surface area contributed by atoms with Crippen molar-refractivity contribution < 1.29 is 0 Å². The molecule has 2 nitrogen and oxygen atoms in total. The molecule has 20 heavy (non-hydrogen) atoms. The van der Waals surface area contributed by atoms with E-state index in [-0.39, 0.29) is 0 Å². The quantitative estimate of drug-likeness (QED) is 0.897. The Balaban J connectivity index is 1.43. The number of nitrogens with zero attached hydrogens (tertiary/aromatic N) is 1. The van der Waals surface area contributed by atoms with Crippen molar-refractivity contribution in [3.8, 4) is 0 Å². The Hall–Kier alpha value is -1.64. The number of fused-ring (bicyclic) bond motifs is 2. The molecule has 2 aliphatic heterocycles. The number of rotatable bonds is 2. The van der Waals surface area contributed by atoms with E-state index in [2.05, 4.69) is 58.7 Å². The summed E-state index contributed by atoms with van der Waals surface area (Å²) in [6.07, 6.45) is 1.16. The van der Waals surface area contributed by atoms with Gasteiger partial charge in [-0.2, -0.15) is 0 Å². The molecule has 2 heterocycles. The van der Waals surface area contributed by atoms with Gasteiger partial charge in [0.1, 0.15) is 0 Å². The number of hydrogen-bond donors (Lipinski definition) is 1. The Morgan fingerprint density at radius 2 is 1.45 bits per heavy atom. The van der Waals surface area contributed by atoms with Gasteiger partial charge in [0, 0.05) is 32.2 Å². The molecule has 0 aromatic heterocycles. The third-order valence-electron chi connectivity index (χ3n) is 4.55. The first kappa shape index (κ1) is 12.1. The summed E-state index contributed by atoms with van der Waals surface area (Å²) in [4.78, 5) is 2.57. The van der Waals surface area contributed by atoms with Crippen molar-refractivity contribution in [2.75, 3.05) is 6.54 Å². The van der Waals surface area contributed by atoms with Gasteiger partial charge in [0.25, 0.3) is 0 Å². The standard InChI is InChI=1S/C18H20N2/c1-2-6-15-10-19-18(9-14(15)5-1)13-20-11-16-7-3-4-8-17(16)12-20/h1-8,18-19H,9-13H2. The van der Waals surface area contributed by atoms with Gasteiger partial charge in [0.05, 0.1) is 0 Å². The predicted octanol–water partition coefficient (Wildman–Crippen LogP) is 2.72. The first-order valence-electron chi connectivity index (χ1n) is 7.48. The minimum Gasteiger partial charge on any atom is -0.308 e.